The third-order valence-electron chi connectivity index (χ3n) is 6.30. The highest BCUT2D eigenvalue weighted by Gasteiger charge is 2.27. The number of likely N-dealkylation sites (tertiary alicyclic amines) is 1. The van der Waals surface area contributed by atoms with Crippen LogP contribution in [-0.4, -0.2) is 42.7 Å². The summed E-state index contributed by atoms with van der Waals surface area (Å²) >= 11 is 0. The van der Waals surface area contributed by atoms with Crippen molar-refractivity contribution in [2.75, 3.05) is 26.7 Å². The van der Waals surface area contributed by atoms with Crippen molar-refractivity contribution < 1.29 is 9.15 Å². The van der Waals surface area contributed by atoms with Gasteiger partial charge in [0.25, 0.3) is 0 Å². The van der Waals surface area contributed by atoms with Gasteiger partial charge in [0, 0.05) is 13.7 Å². The third kappa shape index (κ3) is 4.40. The Balaban J connectivity index is 1.44. The van der Waals surface area contributed by atoms with Crippen molar-refractivity contribution in [1.82, 2.24) is 9.88 Å². The van der Waals surface area contributed by atoms with Crippen LogP contribution in [0.1, 0.15) is 48.6 Å². The van der Waals surface area contributed by atoms with E-state index in [2.05, 4.69) is 47.4 Å². The second-order valence-corrected chi connectivity index (χ2v) is 8.15. The fraction of sp³-hybridized carbons (Fsp3) is 0.440. The lowest BCUT2D eigenvalue weighted by Gasteiger charge is -2.32. The Hall–Kier alpha value is -2.68. The van der Waals surface area contributed by atoms with Gasteiger partial charge in [-0.2, -0.15) is 5.26 Å². The number of nitriles is 1. The summed E-state index contributed by atoms with van der Waals surface area (Å²) in [4.78, 5) is 7.30. The topological polar surface area (TPSA) is 62.3 Å². The van der Waals surface area contributed by atoms with E-state index in [0.29, 0.717) is 11.8 Å². The molecule has 3 aromatic rings. The first-order valence-electron chi connectivity index (χ1n) is 10.8. The minimum Gasteiger partial charge on any atom is -0.439 e. The van der Waals surface area contributed by atoms with Crippen LogP contribution in [0.5, 0.6) is 0 Å². The second kappa shape index (κ2) is 9.42. The average Bonchev–Trinajstić information content (AvgIpc) is 3.23. The van der Waals surface area contributed by atoms with Crippen LogP contribution in [-0.2, 0) is 11.2 Å². The molecule has 0 N–H and O–H groups in total. The van der Waals surface area contributed by atoms with Gasteiger partial charge in [0.1, 0.15) is 11.4 Å². The quantitative estimate of drug-likeness (QED) is 0.562. The van der Waals surface area contributed by atoms with Crippen molar-refractivity contribution >= 4 is 11.1 Å². The van der Waals surface area contributed by atoms with E-state index in [9.17, 15) is 5.26 Å². The lowest BCUT2D eigenvalue weighted by atomic mass is 9.88. The number of hydrogen-bond donors (Lipinski definition) is 0. The lowest BCUT2D eigenvalue weighted by molar-refractivity contribution is 0.101. The first kappa shape index (κ1) is 20.6. The van der Waals surface area contributed by atoms with E-state index in [1.54, 1.807) is 7.11 Å². The summed E-state index contributed by atoms with van der Waals surface area (Å²) in [6.45, 7) is 5.17. The van der Waals surface area contributed by atoms with E-state index < -0.39 is 5.92 Å². The number of methoxy groups -OCH3 is 1. The highest BCUT2D eigenvalue weighted by molar-refractivity contribution is 5.77. The van der Waals surface area contributed by atoms with Gasteiger partial charge >= 0.3 is 0 Å². The van der Waals surface area contributed by atoms with Crippen LogP contribution in [0.15, 0.2) is 52.9 Å². The maximum absolute atomic E-state index is 9.55. The zero-order valence-electron chi connectivity index (χ0n) is 17.8. The Morgan fingerprint density at radius 3 is 2.63 bits per heavy atom. The molecule has 1 aliphatic rings. The largest absolute Gasteiger partial charge is 0.439 e. The molecule has 0 bridgehead atoms. The number of para-hydroxylation sites is 1. The summed E-state index contributed by atoms with van der Waals surface area (Å²) in [6, 6.07) is 19.1. The highest BCUT2D eigenvalue weighted by Crippen LogP contribution is 2.34. The van der Waals surface area contributed by atoms with E-state index >= 15 is 0 Å². The van der Waals surface area contributed by atoms with Crippen LogP contribution < -0.4 is 0 Å². The fourth-order valence-electron chi connectivity index (χ4n) is 4.35. The second-order valence-electron chi connectivity index (χ2n) is 8.15. The maximum atomic E-state index is 9.55. The van der Waals surface area contributed by atoms with Crippen LogP contribution in [0, 0.1) is 11.3 Å². The van der Waals surface area contributed by atoms with Crippen LogP contribution in [0.3, 0.4) is 0 Å². The molecule has 1 aliphatic heterocycles. The van der Waals surface area contributed by atoms with Crippen molar-refractivity contribution in [3.63, 3.8) is 0 Å². The first-order chi connectivity index (χ1) is 14.7. The molecular formula is C25H29N3O2. The summed E-state index contributed by atoms with van der Waals surface area (Å²) in [7, 11) is 1.61. The number of benzene rings is 2. The molecule has 30 heavy (non-hydrogen) atoms. The molecule has 4 rings (SSSR count). The molecule has 5 nitrogen and oxygen atoms in total. The van der Waals surface area contributed by atoms with Gasteiger partial charge in [0.15, 0.2) is 5.58 Å². The highest BCUT2D eigenvalue weighted by atomic mass is 16.5. The minimum absolute atomic E-state index is 0.264. The zero-order valence-corrected chi connectivity index (χ0v) is 17.8. The smallest absolute Gasteiger partial charge is 0.215 e. The van der Waals surface area contributed by atoms with Gasteiger partial charge in [-0.25, -0.2) is 4.98 Å². The molecule has 2 heterocycles. The molecule has 0 saturated carbocycles. The molecule has 0 aliphatic carbocycles. The monoisotopic (exact) mass is 403 g/mol. The van der Waals surface area contributed by atoms with Gasteiger partial charge in [-0.1, -0.05) is 42.5 Å². The van der Waals surface area contributed by atoms with Gasteiger partial charge < -0.3 is 14.1 Å². The molecule has 1 saturated heterocycles. The fourth-order valence-corrected chi connectivity index (χ4v) is 4.35. The van der Waals surface area contributed by atoms with Crippen LogP contribution >= 0.6 is 0 Å². The van der Waals surface area contributed by atoms with E-state index in [4.69, 9.17) is 14.1 Å². The standard InChI is InChI=1S/C25H29N3O2/c1-18(29-2)22(17-26)25-27-24-21(9-6-10-23(24)30-25)20-12-15-28(16-13-20)14-11-19-7-4-3-5-8-19/h3-10,18,20,22H,11-16H2,1-2H3. The molecule has 1 aromatic heterocycles. The normalized spacial score (nSPS) is 17.6. The molecule has 2 unspecified atom stereocenters. The SMILES string of the molecule is COC(C)C(C#N)c1nc2c(C3CCN(CCc4ccccc4)CC3)cccc2o1. The van der Waals surface area contributed by atoms with Gasteiger partial charge in [-0.3, -0.25) is 0 Å². The van der Waals surface area contributed by atoms with E-state index in [1.165, 1.54) is 11.1 Å². The first-order valence-corrected chi connectivity index (χ1v) is 10.8. The molecule has 5 heteroatoms. The Kier molecular flexibility index (Phi) is 6.47. The van der Waals surface area contributed by atoms with Gasteiger partial charge in [-0.05, 0) is 62.4 Å². The minimum atomic E-state index is -0.505. The van der Waals surface area contributed by atoms with Gasteiger partial charge in [-0.15, -0.1) is 0 Å². The van der Waals surface area contributed by atoms with Crippen molar-refractivity contribution in [3.05, 3.63) is 65.5 Å². The summed E-state index contributed by atoms with van der Waals surface area (Å²) in [5, 5.41) is 9.55. The maximum Gasteiger partial charge on any atom is 0.215 e. The van der Waals surface area contributed by atoms with Crippen molar-refractivity contribution in [3.8, 4) is 6.07 Å². The number of aromatic nitrogens is 1. The predicted octanol–water partition coefficient (Wildman–Crippen LogP) is 4.89. The Bertz CT molecular complexity index is 1000. The number of oxazole rings is 1. The van der Waals surface area contributed by atoms with E-state index in [1.807, 2.05) is 19.1 Å². The van der Waals surface area contributed by atoms with E-state index in [-0.39, 0.29) is 6.10 Å². The number of fused-ring (bicyclic) bond motifs is 1. The molecular weight excluding hydrogens is 374 g/mol. The Morgan fingerprint density at radius 2 is 1.93 bits per heavy atom. The van der Waals surface area contributed by atoms with Crippen molar-refractivity contribution in [2.45, 2.75) is 44.1 Å². The number of ether oxygens (including phenoxy) is 1. The molecule has 1 fully saturated rings. The van der Waals surface area contributed by atoms with Crippen LogP contribution in [0.2, 0.25) is 0 Å². The molecule has 0 spiro atoms. The number of piperidine rings is 1. The summed E-state index contributed by atoms with van der Waals surface area (Å²) in [5.41, 5.74) is 4.31. The zero-order chi connectivity index (χ0) is 20.9. The number of rotatable bonds is 7. The molecule has 2 atom stereocenters. The number of hydrogen-bond acceptors (Lipinski definition) is 5. The van der Waals surface area contributed by atoms with Gasteiger partial charge in [0.2, 0.25) is 5.89 Å². The lowest BCUT2D eigenvalue weighted by Crippen LogP contribution is -2.34. The summed E-state index contributed by atoms with van der Waals surface area (Å²) < 4.78 is 11.3. The summed E-state index contributed by atoms with van der Waals surface area (Å²) in [5.74, 6) is 0.421. The van der Waals surface area contributed by atoms with Crippen molar-refractivity contribution in [1.29, 1.82) is 5.26 Å². The summed E-state index contributed by atoms with van der Waals surface area (Å²) in [6.07, 6.45) is 3.07. The van der Waals surface area contributed by atoms with Crippen LogP contribution in [0.4, 0.5) is 0 Å². The predicted molar refractivity (Wildman–Crippen MR) is 117 cm³/mol. The van der Waals surface area contributed by atoms with E-state index in [0.717, 1.165) is 50.0 Å². The Labute approximate surface area is 178 Å². The number of nitrogens with zero attached hydrogens (tertiary/aromatic N) is 3. The van der Waals surface area contributed by atoms with Gasteiger partial charge in [0.05, 0.1) is 12.2 Å². The van der Waals surface area contributed by atoms with Crippen molar-refractivity contribution in [2.24, 2.45) is 0 Å². The molecule has 0 radical (unpaired) electrons. The average molecular weight is 404 g/mol. The molecule has 2 aromatic carbocycles. The Morgan fingerprint density at radius 1 is 1.17 bits per heavy atom. The molecule has 156 valence electrons. The third-order valence-corrected chi connectivity index (χ3v) is 6.30. The molecule has 0 amide bonds. The van der Waals surface area contributed by atoms with Crippen LogP contribution in [0.25, 0.3) is 11.1 Å².